The maximum atomic E-state index is 13.1. The first-order chi connectivity index (χ1) is 8.74. The van der Waals surface area contributed by atoms with Gasteiger partial charge in [0, 0.05) is 12.0 Å². The van der Waals surface area contributed by atoms with Crippen molar-refractivity contribution in [1.29, 1.82) is 0 Å². The SMILES string of the molecule is Cc1ccc(F)cc1OCC1Cc2ccccc21. The largest absolute Gasteiger partial charge is 0.493 e. The van der Waals surface area contributed by atoms with Crippen molar-refractivity contribution < 1.29 is 9.13 Å². The maximum Gasteiger partial charge on any atom is 0.126 e. The lowest BCUT2D eigenvalue weighted by Crippen LogP contribution is -2.23. The lowest BCUT2D eigenvalue weighted by molar-refractivity contribution is 0.272. The second-order valence-electron chi connectivity index (χ2n) is 4.82. The molecule has 0 bridgehead atoms. The summed E-state index contributed by atoms with van der Waals surface area (Å²) >= 11 is 0. The minimum atomic E-state index is -0.246. The smallest absolute Gasteiger partial charge is 0.126 e. The van der Waals surface area contributed by atoms with Crippen LogP contribution in [0.3, 0.4) is 0 Å². The van der Waals surface area contributed by atoms with Crippen LogP contribution in [0.1, 0.15) is 22.6 Å². The highest BCUT2D eigenvalue weighted by atomic mass is 19.1. The summed E-state index contributed by atoms with van der Waals surface area (Å²) in [6.45, 7) is 2.56. The predicted octanol–water partition coefficient (Wildman–Crippen LogP) is 3.85. The number of benzene rings is 2. The summed E-state index contributed by atoms with van der Waals surface area (Å²) in [5, 5.41) is 0. The number of hydrogen-bond acceptors (Lipinski definition) is 1. The van der Waals surface area contributed by atoms with Crippen LogP contribution in [0, 0.1) is 12.7 Å². The molecule has 0 aromatic heterocycles. The lowest BCUT2D eigenvalue weighted by atomic mass is 9.78. The predicted molar refractivity (Wildman–Crippen MR) is 69.5 cm³/mol. The summed E-state index contributed by atoms with van der Waals surface area (Å²) in [5.41, 5.74) is 3.75. The molecule has 2 aromatic rings. The molecule has 0 N–H and O–H groups in total. The average molecular weight is 242 g/mol. The first-order valence-corrected chi connectivity index (χ1v) is 6.21. The highest BCUT2D eigenvalue weighted by molar-refractivity contribution is 5.40. The second-order valence-corrected chi connectivity index (χ2v) is 4.82. The molecule has 0 amide bonds. The van der Waals surface area contributed by atoms with E-state index in [1.54, 1.807) is 6.07 Å². The Morgan fingerprint density at radius 3 is 2.89 bits per heavy atom. The molecule has 0 heterocycles. The molecule has 1 atom stereocenters. The molecule has 0 fully saturated rings. The Bertz CT molecular complexity index is 577. The average Bonchev–Trinajstić information content (AvgIpc) is 2.34. The number of rotatable bonds is 3. The van der Waals surface area contributed by atoms with Gasteiger partial charge in [0.15, 0.2) is 0 Å². The van der Waals surface area contributed by atoms with Gasteiger partial charge in [-0.05, 0) is 36.1 Å². The number of fused-ring (bicyclic) bond motifs is 1. The minimum Gasteiger partial charge on any atom is -0.493 e. The van der Waals surface area contributed by atoms with Crippen molar-refractivity contribution in [2.24, 2.45) is 0 Å². The molecule has 0 aliphatic heterocycles. The third kappa shape index (κ3) is 1.99. The zero-order valence-electron chi connectivity index (χ0n) is 10.3. The van der Waals surface area contributed by atoms with Gasteiger partial charge in [0.05, 0.1) is 6.61 Å². The Balaban J connectivity index is 1.68. The third-order valence-corrected chi connectivity index (χ3v) is 3.55. The van der Waals surface area contributed by atoms with Crippen molar-refractivity contribution in [2.45, 2.75) is 19.3 Å². The van der Waals surface area contributed by atoms with E-state index < -0.39 is 0 Å². The first kappa shape index (κ1) is 11.3. The molecular weight excluding hydrogens is 227 g/mol. The molecule has 0 radical (unpaired) electrons. The maximum absolute atomic E-state index is 13.1. The topological polar surface area (TPSA) is 9.23 Å². The summed E-state index contributed by atoms with van der Waals surface area (Å²) in [6, 6.07) is 13.1. The van der Waals surface area contributed by atoms with Crippen molar-refractivity contribution in [3.8, 4) is 5.75 Å². The lowest BCUT2D eigenvalue weighted by Gasteiger charge is -2.30. The van der Waals surface area contributed by atoms with E-state index >= 15 is 0 Å². The molecule has 2 aromatic carbocycles. The fourth-order valence-corrected chi connectivity index (χ4v) is 2.43. The zero-order chi connectivity index (χ0) is 12.5. The van der Waals surface area contributed by atoms with Crippen LogP contribution in [0.15, 0.2) is 42.5 Å². The van der Waals surface area contributed by atoms with Crippen molar-refractivity contribution in [2.75, 3.05) is 6.61 Å². The van der Waals surface area contributed by atoms with Crippen molar-refractivity contribution in [3.05, 3.63) is 65.0 Å². The summed E-state index contributed by atoms with van der Waals surface area (Å²) in [7, 11) is 0. The van der Waals surface area contributed by atoms with Crippen molar-refractivity contribution in [1.82, 2.24) is 0 Å². The van der Waals surface area contributed by atoms with E-state index in [1.807, 2.05) is 6.92 Å². The summed E-state index contributed by atoms with van der Waals surface area (Å²) in [6.07, 6.45) is 1.06. The van der Waals surface area contributed by atoms with Crippen LogP contribution in [0.2, 0.25) is 0 Å². The fraction of sp³-hybridized carbons (Fsp3) is 0.250. The Labute approximate surface area is 106 Å². The van der Waals surface area contributed by atoms with Crippen molar-refractivity contribution in [3.63, 3.8) is 0 Å². The fourth-order valence-electron chi connectivity index (χ4n) is 2.43. The first-order valence-electron chi connectivity index (χ1n) is 6.21. The van der Waals surface area contributed by atoms with Crippen LogP contribution in [0.25, 0.3) is 0 Å². The Morgan fingerprint density at radius 1 is 1.22 bits per heavy atom. The minimum absolute atomic E-state index is 0.246. The molecular formula is C16H15FO. The molecule has 2 heteroatoms. The molecule has 1 nitrogen and oxygen atoms in total. The highest BCUT2D eigenvalue weighted by Crippen LogP contribution is 2.35. The monoisotopic (exact) mass is 242 g/mol. The Kier molecular flexibility index (Phi) is 2.78. The van der Waals surface area contributed by atoms with Gasteiger partial charge < -0.3 is 4.74 Å². The van der Waals surface area contributed by atoms with E-state index in [2.05, 4.69) is 24.3 Å². The molecule has 0 spiro atoms. The van der Waals surface area contributed by atoms with Gasteiger partial charge in [0.1, 0.15) is 11.6 Å². The third-order valence-electron chi connectivity index (χ3n) is 3.55. The van der Waals surface area contributed by atoms with E-state index in [0.29, 0.717) is 18.3 Å². The van der Waals surface area contributed by atoms with Gasteiger partial charge in [-0.15, -0.1) is 0 Å². The van der Waals surface area contributed by atoms with Gasteiger partial charge in [-0.3, -0.25) is 0 Å². The standard InChI is InChI=1S/C16H15FO/c1-11-6-7-14(17)9-16(11)18-10-13-8-12-4-2-3-5-15(12)13/h2-7,9,13H,8,10H2,1H3. The van der Waals surface area contributed by atoms with Crippen LogP contribution in [-0.2, 0) is 6.42 Å². The van der Waals surface area contributed by atoms with Gasteiger partial charge in [0.2, 0.25) is 0 Å². The van der Waals surface area contributed by atoms with Gasteiger partial charge >= 0.3 is 0 Å². The second kappa shape index (κ2) is 4.45. The summed E-state index contributed by atoms with van der Waals surface area (Å²) < 4.78 is 18.9. The van der Waals surface area contributed by atoms with Gasteiger partial charge in [-0.1, -0.05) is 30.3 Å². The van der Waals surface area contributed by atoms with E-state index in [0.717, 1.165) is 12.0 Å². The molecule has 0 saturated carbocycles. The quantitative estimate of drug-likeness (QED) is 0.794. The van der Waals surface area contributed by atoms with E-state index in [-0.39, 0.29) is 5.82 Å². The summed E-state index contributed by atoms with van der Waals surface area (Å²) in [4.78, 5) is 0. The molecule has 0 saturated heterocycles. The summed E-state index contributed by atoms with van der Waals surface area (Å²) in [5.74, 6) is 0.854. The van der Waals surface area contributed by atoms with Crippen LogP contribution in [0.5, 0.6) is 5.75 Å². The van der Waals surface area contributed by atoms with Crippen molar-refractivity contribution >= 4 is 0 Å². The van der Waals surface area contributed by atoms with Gasteiger partial charge in [0.25, 0.3) is 0 Å². The number of hydrogen-bond donors (Lipinski definition) is 0. The Morgan fingerprint density at radius 2 is 2.06 bits per heavy atom. The molecule has 1 aliphatic rings. The Hall–Kier alpha value is -1.83. The van der Waals surface area contributed by atoms with E-state index in [9.17, 15) is 4.39 Å². The molecule has 1 unspecified atom stereocenters. The number of aryl methyl sites for hydroxylation is 1. The molecule has 92 valence electrons. The highest BCUT2D eigenvalue weighted by Gasteiger charge is 2.25. The molecule has 1 aliphatic carbocycles. The van der Waals surface area contributed by atoms with Gasteiger partial charge in [-0.25, -0.2) is 4.39 Å². The molecule has 18 heavy (non-hydrogen) atoms. The van der Waals surface area contributed by atoms with Crippen LogP contribution in [0.4, 0.5) is 4.39 Å². The van der Waals surface area contributed by atoms with Crippen LogP contribution in [-0.4, -0.2) is 6.61 Å². The number of halogens is 1. The zero-order valence-corrected chi connectivity index (χ0v) is 10.3. The van der Waals surface area contributed by atoms with E-state index in [4.69, 9.17) is 4.74 Å². The normalized spacial score (nSPS) is 16.9. The van der Waals surface area contributed by atoms with Crippen LogP contribution < -0.4 is 4.74 Å². The number of ether oxygens (including phenoxy) is 1. The van der Waals surface area contributed by atoms with Gasteiger partial charge in [-0.2, -0.15) is 0 Å². The molecule has 3 rings (SSSR count). The van der Waals surface area contributed by atoms with Crippen LogP contribution >= 0.6 is 0 Å². The van der Waals surface area contributed by atoms with E-state index in [1.165, 1.54) is 23.3 Å².